The Morgan fingerprint density at radius 2 is 1.85 bits per heavy atom. The molecule has 1 amide bonds. The zero-order chi connectivity index (χ0) is 22.8. The Morgan fingerprint density at radius 3 is 2.55 bits per heavy atom. The molecule has 0 atom stereocenters. The fourth-order valence-electron chi connectivity index (χ4n) is 4.33. The second-order valence-electron chi connectivity index (χ2n) is 7.86. The maximum Gasteiger partial charge on any atom is 0.289 e. The molecular weight excluding hydrogens is 418 g/mol. The van der Waals surface area contributed by atoms with Crippen LogP contribution in [-0.4, -0.2) is 46.5 Å². The molecule has 4 aromatic rings. The average molecular weight is 439 g/mol. The van der Waals surface area contributed by atoms with Crippen LogP contribution in [0.4, 0.5) is 5.69 Å². The maximum absolute atomic E-state index is 13.4. The number of carbonyl (C=O) groups excluding carboxylic acids is 1. The highest BCUT2D eigenvalue weighted by molar-refractivity contribution is 5.95. The van der Waals surface area contributed by atoms with Gasteiger partial charge in [0.25, 0.3) is 11.5 Å². The second-order valence-corrected chi connectivity index (χ2v) is 7.86. The van der Waals surface area contributed by atoms with Crippen LogP contribution in [0.15, 0.2) is 76.4 Å². The minimum absolute atomic E-state index is 0.0947. The Balaban J connectivity index is 1.52. The normalized spacial score (nSPS) is 13.8. The van der Waals surface area contributed by atoms with Crippen LogP contribution >= 0.6 is 0 Å². The fourth-order valence-corrected chi connectivity index (χ4v) is 4.33. The molecule has 1 aliphatic rings. The van der Waals surface area contributed by atoms with Crippen LogP contribution in [-0.2, 0) is 6.54 Å². The molecule has 164 valence electrons. The van der Waals surface area contributed by atoms with Crippen molar-refractivity contribution in [1.82, 2.24) is 14.5 Å². The molecule has 0 radical (unpaired) electrons. The van der Waals surface area contributed by atoms with Crippen LogP contribution in [0, 0.1) is 11.3 Å². The predicted molar refractivity (Wildman–Crippen MR) is 123 cm³/mol. The van der Waals surface area contributed by atoms with Gasteiger partial charge in [-0.05, 0) is 23.8 Å². The van der Waals surface area contributed by atoms with Gasteiger partial charge in [-0.3, -0.25) is 14.6 Å². The number of fused-ring (bicyclic) bond motifs is 1. The summed E-state index contributed by atoms with van der Waals surface area (Å²) in [6.07, 6.45) is 4.83. The number of nitriles is 1. The van der Waals surface area contributed by atoms with E-state index in [2.05, 4.69) is 11.1 Å². The molecule has 4 heterocycles. The summed E-state index contributed by atoms with van der Waals surface area (Å²) in [6.45, 7) is 2.26. The van der Waals surface area contributed by atoms with E-state index in [0.717, 1.165) is 16.5 Å². The van der Waals surface area contributed by atoms with Gasteiger partial charge >= 0.3 is 0 Å². The lowest BCUT2D eigenvalue weighted by molar-refractivity contribution is 0.0715. The second kappa shape index (κ2) is 8.63. The largest absolute Gasteiger partial charge is 0.459 e. The van der Waals surface area contributed by atoms with Gasteiger partial charge in [-0.1, -0.05) is 30.3 Å². The Bertz CT molecular complexity index is 1400. The average Bonchev–Trinajstić information content (AvgIpc) is 3.41. The summed E-state index contributed by atoms with van der Waals surface area (Å²) in [4.78, 5) is 34.0. The predicted octanol–water partition coefficient (Wildman–Crippen LogP) is 2.87. The van der Waals surface area contributed by atoms with E-state index < -0.39 is 0 Å². The molecule has 3 aromatic heterocycles. The van der Waals surface area contributed by atoms with Gasteiger partial charge in [-0.2, -0.15) is 5.26 Å². The molecular formula is C25H21N5O3. The lowest BCUT2D eigenvalue weighted by atomic mass is 10.1. The molecule has 0 unspecified atom stereocenters. The number of furan rings is 1. The topological polar surface area (TPSA) is 95.4 Å². The number of pyridine rings is 2. The number of carbonyl (C=O) groups is 1. The molecule has 0 bridgehead atoms. The fraction of sp³-hybridized carbons (Fsp3) is 0.200. The number of piperazine rings is 1. The highest BCUT2D eigenvalue weighted by Gasteiger charge is 2.28. The summed E-state index contributed by atoms with van der Waals surface area (Å²) >= 11 is 0. The first-order valence-electron chi connectivity index (χ1n) is 10.7. The summed E-state index contributed by atoms with van der Waals surface area (Å²) in [5.41, 5.74) is 2.04. The Labute approximate surface area is 189 Å². The summed E-state index contributed by atoms with van der Waals surface area (Å²) in [5.74, 6) is 0.143. The van der Waals surface area contributed by atoms with Crippen molar-refractivity contribution in [1.29, 1.82) is 5.26 Å². The van der Waals surface area contributed by atoms with Crippen LogP contribution in [0.1, 0.15) is 21.7 Å². The van der Waals surface area contributed by atoms with Gasteiger partial charge < -0.3 is 18.8 Å². The van der Waals surface area contributed by atoms with Crippen LogP contribution in [0.5, 0.6) is 0 Å². The van der Waals surface area contributed by atoms with E-state index in [0.29, 0.717) is 44.2 Å². The van der Waals surface area contributed by atoms with Gasteiger partial charge in [-0.25, -0.2) is 0 Å². The highest BCUT2D eigenvalue weighted by atomic mass is 16.3. The van der Waals surface area contributed by atoms with Crippen LogP contribution in [0.3, 0.4) is 0 Å². The van der Waals surface area contributed by atoms with E-state index in [4.69, 9.17) is 4.42 Å². The summed E-state index contributed by atoms with van der Waals surface area (Å²) in [5, 5.41) is 10.7. The lowest BCUT2D eigenvalue weighted by Gasteiger charge is -2.36. The number of amides is 1. The van der Waals surface area contributed by atoms with Crippen molar-refractivity contribution in [3.8, 4) is 6.07 Å². The SMILES string of the molecule is N#Cc1c(N2CCN(C(=O)c3ccco3)CC2)c2cnccc2n(Cc2ccccc2)c1=O. The Morgan fingerprint density at radius 1 is 1.06 bits per heavy atom. The number of hydrogen-bond donors (Lipinski definition) is 0. The highest BCUT2D eigenvalue weighted by Crippen LogP contribution is 2.29. The zero-order valence-corrected chi connectivity index (χ0v) is 17.8. The standard InChI is InChI=1S/C25H21N5O3/c26-15-19-23(28-10-12-29(13-11-28)25(32)22-7-4-14-33-22)20-16-27-9-8-21(20)30(24(19)31)17-18-5-2-1-3-6-18/h1-9,14,16H,10-13,17H2. The van der Waals surface area contributed by atoms with Gasteiger partial charge in [0, 0.05) is 44.0 Å². The summed E-state index contributed by atoms with van der Waals surface area (Å²) < 4.78 is 6.86. The lowest BCUT2D eigenvalue weighted by Crippen LogP contribution is -2.49. The van der Waals surface area contributed by atoms with Gasteiger partial charge in [0.1, 0.15) is 11.6 Å². The van der Waals surface area contributed by atoms with Crippen LogP contribution < -0.4 is 10.5 Å². The van der Waals surface area contributed by atoms with Gasteiger partial charge in [0.2, 0.25) is 0 Å². The van der Waals surface area contributed by atoms with Crippen molar-refractivity contribution in [2.45, 2.75) is 6.54 Å². The minimum atomic E-state index is -0.329. The monoisotopic (exact) mass is 439 g/mol. The number of anilines is 1. The summed E-state index contributed by atoms with van der Waals surface area (Å²) in [6, 6.07) is 17.0. The van der Waals surface area contributed by atoms with E-state index in [1.165, 1.54) is 6.26 Å². The van der Waals surface area contributed by atoms with Crippen molar-refractivity contribution >= 4 is 22.5 Å². The molecule has 0 aliphatic carbocycles. The molecule has 8 heteroatoms. The Kier molecular flexibility index (Phi) is 5.37. The Hall–Kier alpha value is -4.38. The van der Waals surface area contributed by atoms with Gasteiger partial charge in [-0.15, -0.1) is 0 Å². The third kappa shape index (κ3) is 3.74. The molecule has 1 aromatic carbocycles. The zero-order valence-electron chi connectivity index (χ0n) is 17.8. The summed E-state index contributed by atoms with van der Waals surface area (Å²) in [7, 11) is 0. The van der Waals surface area contributed by atoms with E-state index in [1.54, 1.807) is 40.1 Å². The van der Waals surface area contributed by atoms with Gasteiger partial charge in [0.15, 0.2) is 5.76 Å². The van der Waals surface area contributed by atoms with E-state index in [1.807, 2.05) is 35.2 Å². The number of benzene rings is 1. The first kappa shape index (κ1) is 20.5. The number of nitrogens with zero attached hydrogens (tertiary/aromatic N) is 5. The van der Waals surface area contributed by atoms with E-state index in [-0.39, 0.29) is 17.0 Å². The quantitative estimate of drug-likeness (QED) is 0.485. The van der Waals surface area contributed by atoms with Gasteiger partial charge in [0.05, 0.1) is 24.0 Å². The maximum atomic E-state index is 13.4. The van der Waals surface area contributed by atoms with Crippen molar-refractivity contribution in [3.63, 3.8) is 0 Å². The van der Waals surface area contributed by atoms with Crippen LogP contribution in [0.25, 0.3) is 10.9 Å². The molecule has 1 aliphatic heterocycles. The third-order valence-corrected chi connectivity index (χ3v) is 5.95. The smallest absolute Gasteiger partial charge is 0.289 e. The molecule has 33 heavy (non-hydrogen) atoms. The van der Waals surface area contributed by atoms with Crippen molar-refractivity contribution in [2.24, 2.45) is 0 Å². The molecule has 1 saturated heterocycles. The molecule has 0 saturated carbocycles. The molecule has 1 fully saturated rings. The number of rotatable bonds is 4. The first-order valence-corrected chi connectivity index (χ1v) is 10.7. The molecule has 8 nitrogen and oxygen atoms in total. The number of aromatic nitrogens is 2. The molecule has 0 N–H and O–H groups in total. The number of hydrogen-bond acceptors (Lipinski definition) is 6. The molecule has 0 spiro atoms. The van der Waals surface area contributed by atoms with Crippen molar-refractivity contribution in [3.05, 3.63) is 94.4 Å². The van der Waals surface area contributed by atoms with E-state index in [9.17, 15) is 14.9 Å². The first-order chi connectivity index (χ1) is 16.2. The van der Waals surface area contributed by atoms with Crippen LogP contribution in [0.2, 0.25) is 0 Å². The molecule has 5 rings (SSSR count). The van der Waals surface area contributed by atoms with E-state index >= 15 is 0 Å². The minimum Gasteiger partial charge on any atom is -0.459 e. The van der Waals surface area contributed by atoms with Crippen molar-refractivity contribution in [2.75, 3.05) is 31.1 Å². The van der Waals surface area contributed by atoms with Crippen molar-refractivity contribution < 1.29 is 9.21 Å². The third-order valence-electron chi connectivity index (χ3n) is 5.95.